The Balaban J connectivity index is 2.64. The van der Waals surface area contributed by atoms with Gasteiger partial charge in [0.25, 0.3) is 0 Å². The van der Waals surface area contributed by atoms with Crippen molar-refractivity contribution in [1.29, 1.82) is 0 Å². The summed E-state index contributed by atoms with van der Waals surface area (Å²) in [6.45, 7) is 8.55. The molecule has 1 aliphatic heterocycles. The number of nitrogens with zero attached hydrogens (tertiary/aromatic N) is 1. The zero-order valence-electron chi connectivity index (χ0n) is 10.8. The quantitative estimate of drug-likeness (QED) is 0.736. The van der Waals surface area contributed by atoms with Gasteiger partial charge in [-0.1, -0.05) is 20.8 Å². The summed E-state index contributed by atoms with van der Waals surface area (Å²) in [5.41, 5.74) is 0. The molecule has 2 unspecified atom stereocenters. The largest absolute Gasteiger partial charge is 0.339 e. The van der Waals surface area contributed by atoms with Gasteiger partial charge in [0.05, 0.1) is 0 Å². The lowest BCUT2D eigenvalue weighted by atomic mass is 9.96. The molecule has 1 aliphatic rings. The number of carbonyl (C=O) groups excluding carboxylic acids is 2. The number of rotatable bonds is 4. The van der Waals surface area contributed by atoms with Gasteiger partial charge < -0.3 is 4.90 Å². The molecule has 0 radical (unpaired) electrons. The summed E-state index contributed by atoms with van der Waals surface area (Å²) in [5.74, 6) is 0.833. The van der Waals surface area contributed by atoms with Gasteiger partial charge >= 0.3 is 0 Å². The summed E-state index contributed by atoms with van der Waals surface area (Å²) in [7, 11) is 0. The Labute approximate surface area is 98.2 Å². The fraction of sp³-hybridized carbons (Fsp3) is 0.846. The minimum absolute atomic E-state index is 0.0626. The van der Waals surface area contributed by atoms with Crippen LogP contribution in [-0.4, -0.2) is 29.2 Å². The molecule has 1 saturated heterocycles. The van der Waals surface area contributed by atoms with Gasteiger partial charge in [0, 0.05) is 24.9 Å². The van der Waals surface area contributed by atoms with E-state index in [1.165, 1.54) is 0 Å². The maximum absolute atomic E-state index is 12.2. The van der Waals surface area contributed by atoms with Gasteiger partial charge in [-0.25, -0.2) is 0 Å². The average molecular weight is 225 g/mol. The van der Waals surface area contributed by atoms with E-state index in [2.05, 4.69) is 13.8 Å². The number of hydrogen-bond donors (Lipinski definition) is 0. The standard InChI is InChI=1S/C13H23NO2/c1-9(2)11(4)13(16)14-7-5-6-12(14)8-10(3)15/h9,11-12H,5-8H2,1-4H3. The number of carbonyl (C=O) groups is 2. The van der Waals surface area contributed by atoms with Crippen molar-refractivity contribution in [3.05, 3.63) is 0 Å². The highest BCUT2D eigenvalue weighted by atomic mass is 16.2. The van der Waals surface area contributed by atoms with Crippen molar-refractivity contribution in [2.75, 3.05) is 6.54 Å². The van der Waals surface area contributed by atoms with E-state index in [4.69, 9.17) is 0 Å². The lowest BCUT2D eigenvalue weighted by molar-refractivity contribution is -0.137. The van der Waals surface area contributed by atoms with Gasteiger partial charge in [-0.3, -0.25) is 9.59 Å². The van der Waals surface area contributed by atoms with Crippen molar-refractivity contribution in [1.82, 2.24) is 4.90 Å². The first-order chi connectivity index (χ1) is 7.43. The Morgan fingerprint density at radius 3 is 2.44 bits per heavy atom. The molecule has 0 saturated carbocycles. The molecular formula is C13H23NO2. The predicted molar refractivity (Wildman–Crippen MR) is 64.0 cm³/mol. The highest BCUT2D eigenvalue weighted by Gasteiger charge is 2.32. The van der Waals surface area contributed by atoms with Crippen molar-refractivity contribution in [2.45, 2.75) is 53.0 Å². The van der Waals surface area contributed by atoms with Crippen LogP contribution in [0.5, 0.6) is 0 Å². The van der Waals surface area contributed by atoms with Crippen molar-refractivity contribution in [2.24, 2.45) is 11.8 Å². The Morgan fingerprint density at radius 1 is 1.31 bits per heavy atom. The molecule has 1 amide bonds. The van der Waals surface area contributed by atoms with Crippen molar-refractivity contribution >= 4 is 11.7 Å². The van der Waals surface area contributed by atoms with Crippen LogP contribution in [0.25, 0.3) is 0 Å². The molecule has 0 aromatic heterocycles. The molecule has 0 bridgehead atoms. The minimum atomic E-state index is 0.0626. The van der Waals surface area contributed by atoms with Crippen molar-refractivity contribution in [3.63, 3.8) is 0 Å². The normalized spacial score (nSPS) is 22.6. The second kappa shape index (κ2) is 5.46. The summed E-state index contributed by atoms with van der Waals surface area (Å²) in [5, 5.41) is 0. The van der Waals surface area contributed by atoms with E-state index in [-0.39, 0.29) is 23.7 Å². The van der Waals surface area contributed by atoms with Gasteiger partial charge in [0.15, 0.2) is 0 Å². The Bertz CT molecular complexity index is 273. The molecule has 1 fully saturated rings. The smallest absolute Gasteiger partial charge is 0.225 e. The first-order valence-electron chi connectivity index (χ1n) is 6.23. The van der Waals surface area contributed by atoms with Crippen LogP contribution in [0.2, 0.25) is 0 Å². The van der Waals surface area contributed by atoms with Crippen LogP contribution in [0.15, 0.2) is 0 Å². The van der Waals surface area contributed by atoms with Crippen molar-refractivity contribution in [3.8, 4) is 0 Å². The monoisotopic (exact) mass is 225 g/mol. The number of likely N-dealkylation sites (tertiary alicyclic amines) is 1. The van der Waals surface area contributed by atoms with Crippen LogP contribution in [0.4, 0.5) is 0 Å². The van der Waals surface area contributed by atoms with Crippen LogP contribution < -0.4 is 0 Å². The topological polar surface area (TPSA) is 37.4 Å². The first kappa shape index (κ1) is 13.2. The van der Waals surface area contributed by atoms with E-state index in [1.54, 1.807) is 6.92 Å². The maximum Gasteiger partial charge on any atom is 0.225 e. The molecule has 0 spiro atoms. The Hall–Kier alpha value is -0.860. The van der Waals surface area contributed by atoms with Crippen LogP contribution >= 0.6 is 0 Å². The molecule has 3 nitrogen and oxygen atoms in total. The third-order valence-corrected chi connectivity index (χ3v) is 3.57. The molecule has 0 aliphatic carbocycles. The van der Waals surface area contributed by atoms with Crippen LogP contribution in [0.3, 0.4) is 0 Å². The van der Waals surface area contributed by atoms with Gasteiger partial charge in [-0.15, -0.1) is 0 Å². The van der Waals surface area contributed by atoms with E-state index < -0.39 is 0 Å². The van der Waals surface area contributed by atoms with E-state index in [0.29, 0.717) is 12.3 Å². The van der Waals surface area contributed by atoms with E-state index in [9.17, 15) is 9.59 Å². The third-order valence-electron chi connectivity index (χ3n) is 3.57. The van der Waals surface area contributed by atoms with E-state index >= 15 is 0 Å². The average Bonchev–Trinajstić information content (AvgIpc) is 2.62. The SMILES string of the molecule is CC(=O)CC1CCCN1C(=O)C(C)C(C)C. The molecule has 2 atom stereocenters. The molecule has 92 valence electrons. The zero-order valence-corrected chi connectivity index (χ0v) is 10.8. The van der Waals surface area contributed by atoms with Gasteiger partial charge in [-0.05, 0) is 25.7 Å². The first-order valence-corrected chi connectivity index (χ1v) is 6.23. The predicted octanol–water partition coefficient (Wildman–Crippen LogP) is 2.25. The molecule has 3 heteroatoms. The summed E-state index contributed by atoms with van der Waals surface area (Å²) < 4.78 is 0. The van der Waals surface area contributed by atoms with Gasteiger partial charge in [0.2, 0.25) is 5.91 Å². The number of hydrogen-bond acceptors (Lipinski definition) is 2. The zero-order chi connectivity index (χ0) is 12.3. The highest BCUT2D eigenvalue weighted by Crippen LogP contribution is 2.24. The van der Waals surface area contributed by atoms with Crippen LogP contribution in [0.1, 0.15) is 47.0 Å². The molecule has 16 heavy (non-hydrogen) atoms. The number of Topliss-reactive ketones (excluding diaryl/α,β-unsaturated/α-hetero) is 1. The minimum Gasteiger partial charge on any atom is -0.339 e. The van der Waals surface area contributed by atoms with E-state index in [0.717, 1.165) is 19.4 Å². The van der Waals surface area contributed by atoms with Crippen LogP contribution in [-0.2, 0) is 9.59 Å². The fourth-order valence-corrected chi connectivity index (χ4v) is 2.22. The summed E-state index contributed by atoms with van der Waals surface area (Å²) in [6, 6.07) is 0.159. The number of ketones is 1. The van der Waals surface area contributed by atoms with E-state index in [1.807, 2.05) is 11.8 Å². The molecule has 1 rings (SSSR count). The second-order valence-electron chi connectivity index (χ2n) is 5.27. The molecule has 1 heterocycles. The Morgan fingerprint density at radius 2 is 1.94 bits per heavy atom. The molecular weight excluding hydrogens is 202 g/mol. The molecule has 0 aromatic carbocycles. The molecule has 0 N–H and O–H groups in total. The fourth-order valence-electron chi connectivity index (χ4n) is 2.22. The maximum atomic E-state index is 12.2. The second-order valence-corrected chi connectivity index (χ2v) is 5.27. The van der Waals surface area contributed by atoms with Crippen LogP contribution in [0, 0.1) is 11.8 Å². The Kier molecular flexibility index (Phi) is 4.51. The summed E-state index contributed by atoms with van der Waals surface area (Å²) in [4.78, 5) is 25.2. The van der Waals surface area contributed by atoms with Gasteiger partial charge in [0.1, 0.15) is 5.78 Å². The van der Waals surface area contributed by atoms with Gasteiger partial charge in [-0.2, -0.15) is 0 Å². The lowest BCUT2D eigenvalue weighted by Gasteiger charge is -2.28. The molecule has 0 aromatic rings. The lowest BCUT2D eigenvalue weighted by Crippen LogP contribution is -2.41. The third kappa shape index (κ3) is 3.06. The summed E-state index contributed by atoms with van der Waals surface area (Å²) >= 11 is 0. The highest BCUT2D eigenvalue weighted by molar-refractivity contribution is 5.81. The number of amides is 1. The summed E-state index contributed by atoms with van der Waals surface area (Å²) in [6.07, 6.45) is 2.54. The van der Waals surface area contributed by atoms with Crippen molar-refractivity contribution < 1.29 is 9.59 Å².